The molecule has 3 N–H and O–H groups in total. The van der Waals surface area contributed by atoms with Crippen molar-refractivity contribution in [3.05, 3.63) is 0 Å². The molecule has 0 unspecified atom stereocenters. The van der Waals surface area contributed by atoms with Gasteiger partial charge in [-0.15, -0.1) is 0 Å². The first-order valence-electron chi connectivity index (χ1n) is 1.65. The Labute approximate surface area is 51.3 Å². The Morgan fingerprint density at radius 3 is 2.12 bits per heavy atom. The van der Waals surface area contributed by atoms with Gasteiger partial charge in [-0.25, -0.2) is 8.42 Å². The molecule has 0 aromatic heterocycles. The summed E-state index contributed by atoms with van der Waals surface area (Å²) in [6, 6.07) is 0. The van der Waals surface area contributed by atoms with Crippen LogP contribution in [0.5, 0.6) is 0 Å². The van der Waals surface area contributed by atoms with E-state index in [2.05, 4.69) is 0 Å². The van der Waals surface area contributed by atoms with E-state index < -0.39 is 14.0 Å². The normalized spacial score (nSPS) is 11.1. The maximum atomic E-state index is 10.2. The topological polar surface area (TPSA) is 84.0 Å². The van der Waals surface area contributed by atoms with Gasteiger partial charge in [-0.3, -0.25) is 5.41 Å². The molecule has 0 saturated carbocycles. The Kier molecular flexibility index (Phi) is 2.29. The largest absolute Gasteiger partial charge is 0.378 e. The van der Waals surface area contributed by atoms with Crippen molar-refractivity contribution in [1.29, 1.82) is 5.41 Å². The fourth-order valence-corrected chi connectivity index (χ4v) is 1.47. The third kappa shape index (κ3) is 5.77. The van der Waals surface area contributed by atoms with E-state index in [1.807, 2.05) is 0 Å². The van der Waals surface area contributed by atoms with Crippen molar-refractivity contribution in [3.63, 3.8) is 0 Å². The first kappa shape index (κ1) is 7.77. The predicted molar refractivity (Wildman–Crippen MR) is 34.3 cm³/mol. The molecule has 0 bridgehead atoms. The van der Waals surface area contributed by atoms with Gasteiger partial charge in [0.1, 0.15) is 0 Å². The lowest BCUT2D eigenvalue weighted by molar-refractivity contribution is 0.616. The van der Waals surface area contributed by atoms with Crippen molar-refractivity contribution in [2.75, 3.05) is 6.26 Å². The zero-order chi connectivity index (χ0) is 6.78. The van der Waals surface area contributed by atoms with E-state index in [9.17, 15) is 8.42 Å². The predicted octanol–water partition coefficient (Wildman–Crippen LogP) is -0.427. The molecule has 0 aliphatic carbocycles. The van der Waals surface area contributed by atoms with E-state index in [1.54, 1.807) is 0 Å². The highest BCUT2D eigenvalue weighted by atomic mass is 33.1. The molecule has 0 saturated heterocycles. The molecule has 0 aromatic rings. The molecular weight excluding hydrogens is 148 g/mol. The van der Waals surface area contributed by atoms with E-state index in [4.69, 9.17) is 11.1 Å². The molecule has 0 aliphatic heterocycles. The summed E-state index contributed by atoms with van der Waals surface area (Å²) in [4.78, 5) is 0. The summed E-state index contributed by atoms with van der Waals surface area (Å²) in [5.74, 6) is 0. The summed E-state index contributed by atoms with van der Waals surface area (Å²) >= 11 is 0. The van der Waals surface area contributed by atoms with Gasteiger partial charge in [-0.2, -0.15) is 0 Å². The molecule has 0 atom stereocenters. The zero-order valence-electron chi connectivity index (χ0n) is 4.21. The summed E-state index contributed by atoms with van der Waals surface area (Å²) in [5.41, 5.74) is 4.75. The lowest BCUT2D eigenvalue weighted by Gasteiger charge is -1.89. The van der Waals surface area contributed by atoms with Crippen LogP contribution in [-0.4, -0.2) is 19.8 Å². The summed E-state index contributed by atoms with van der Waals surface area (Å²) < 4.78 is 20.4. The second-order valence-corrected chi connectivity index (χ2v) is 5.48. The molecule has 0 aliphatic rings. The number of nitrogens with one attached hydrogen (secondary N) is 1. The molecule has 6 heteroatoms. The molecule has 0 rings (SSSR count). The van der Waals surface area contributed by atoms with Crippen LogP contribution in [0.1, 0.15) is 0 Å². The van der Waals surface area contributed by atoms with Crippen LogP contribution in [-0.2, 0) is 8.87 Å². The number of hydrogen-bond donors (Lipinski definition) is 2. The SMILES string of the molecule is CS(=O)(=O)SC(=N)N. The standard InChI is InChI=1S/C2H6N2O2S2/c1-8(5,6)7-2(3)4/h1H3,(H3,3,4). The van der Waals surface area contributed by atoms with Gasteiger partial charge >= 0.3 is 0 Å². The van der Waals surface area contributed by atoms with E-state index >= 15 is 0 Å². The Morgan fingerprint density at radius 2 is 2.12 bits per heavy atom. The maximum Gasteiger partial charge on any atom is 0.206 e. The van der Waals surface area contributed by atoms with Gasteiger partial charge in [-0.1, -0.05) is 0 Å². The fourth-order valence-electron chi connectivity index (χ4n) is 0.163. The van der Waals surface area contributed by atoms with Crippen LogP contribution < -0.4 is 5.73 Å². The summed E-state index contributed by atoms with van der Waals surface area (Å²) in [7, 11) is -2.81. The summed E-state index contributed by atoms with van der Waals surface area (Å²) in [6.45, 7) is 0. The molecule has 0 spiro atoms. The molecule has 4 nitrogen and oxygen atoms in total. The number of rotatable bonds is 1. The van der Waals surface area contributed by atoms with Crippen LogP contribution in [0, 0.1) is 5.41 Å². The first-order valence-corrected chi connectivity index (χ1v) is 4.88. The minimum atomic E-state index is -3.16. The average molecular weight is 154 g/mol. The monoisotopic (exact) mass is 154 g/mol. The van der Waals surface area contributed by atoms with Gasteiger partial charge in [0, 0.05) is 17.0 Å². The Morgan fingerprint density at radius 1 is 1.75 bits per heavy atom. The number of nitrogens with two attached hydrogens (primary N) is 1. The van der Waals surface area contributed by atoms with Crippen LogP contribution >= 0.6 is 10.8 Å². The maximum absolute atomic E-state index is 10.2. The van der Waals surface area contributed by atoms with Crippen molar-refractivity contribution in [1.82, 2.24) is 0 Å². The second-order valence-electron chi connectivity index (χ2n) is 1.15. The van der Waals surface area contributed by atoms with Crippen LogP contribution in [0.2, 0.25) is 0 Å². The lowest BCUT2D eigenvalue weighted by Crippen LogP contribution is -2.07. The highest BCUT2D eigenvalue weighted by molar-refractivity contribution is 8.77. The van der Waals surface area contributed by atoms with Crippen LogP contribution in [0.25, 0.3) is 0 Å². The third-order valence-corrected chi connectivity index (χ3v) is 2.17. The van der Waals surface area contributed by atoms with Crippen molar-refractivity contribution < 1.29 is 8.42 Å². The molecule has 0 amide bonds. The molecule has 0 heterocycles. The molecule has 0 radical (unpaired) electrons. The second kappa shape index (κ2) is 2.36. The summed E-state index contributed by atoms with van der Waals surface area (Å²) in [6.07, 6.45) is 0.999. The van der Waals surface area contributed by atoms with Crippen molar-refractivity contribution in [2.24, 2.45) is 5.73 Å². The van der Waals surface area contributed by atoms with E-state index in [-0.39, 0.29) is 0 Å². The Bertz CT molecular complexity index is 182. The molecular formula is C2H6N2O2S2. The molecule has 0 fully saturated rings. The van der Waals surface area contributed by atoms with Crippen LogP contribution in [0.15, 0.2) is 0 Å². The van der Waals surface area contributed by atoms with E-state index in [1.165, 1.54) is 0 Å². The smallest absolute Gasteiger partial charge is 0.206 e. The number of hydrogen-bond acceptors (Lipinski definition) is 4. The van der Waals surface area contributed by atoms with Crippen LogP contribution in [0.4, 0.5) is 0 Å². The van der Waals surface area contributed by atoms with Gasteiger partial charge in [0.25, 0.3) is 0 Å². The highest BCUT2D eigenvalue weighted by Crippen LogP contribution is 2.06. The quantitative estimate of drug-likeness (QED) is 0.305. The molecule has 8 heavy (non-hydrogen) atoms. The summed E-state index contributed by atoms with van der Waals surface area (Å²) in [5, 5.41) is 6.12. The van der Waals surface area contributed by atoms with Gasteiger partial charge in [-0.05, 0) is 0 Å². The fraction of sp³-hybridized carbons (Fsp3) is 0.500. The lowest BCUT2D eigenvalue weighted by atomic mass is 11.4. The van der Waals surface area contributed by atoms with Gasteiger partial charge in [0.05, 0.1) is 0 Å². The van der Waals surface area contributed by atoms with E-state index in [0.717, 1.165) is 6.26 Å². The molecule has 0 aromatic carbocycles. The van der Waals surface area contributed by atoms with Crippen LogP contribution in [0.3, 0.4) is 0 Å². The third-order valence-electron chi connectivity index (χ3n) is 0.241. The Hall–Kier alpha value is -0.230. The highest BCUT2D eigenvalue weighted by Gasteiger charge is 2.02. The van der Waals surface area contributed by atoms with Gasteiger partial charge in [0.2, 0.25) is 8.87 Å². The van der Waals surface area contributed by atoms with Crippen molar-refractivity contribution in [3.8, 4) is 0 Å². The van der Waals surface area contributed by atoms with Crippen molar-refractivity contribution >= 4 is 24.8 Å². The van der Waals surface area contributed by atoms with Crippen molar-refractivity contribution in [2.45, 2.75) is 0 Å². The number of amidine groups is 1. The molecule has 48 valence electrons. The van der Waals surface area contributed by atoms with Gasteiger partial charge in [0.15, 0.2) is 5.17 Å². The minimum Gasteiger partial charge on any atom is -0.378 e. The minimum absolute atomic E-state index is 0.345. The first-order chi connectivity index (χ1) is 3.42. The average Bonchev–Trinajstić information content (AvgIpc) is 1.21. The zero-order valence-corrected chi connectivity index (χ0v) is 5.84. The van der Waals surface area contributed by atoms with E-state index in [0.29, 0.717) is 10.8 Å². The Balaban J connectivity index is 3.95. The van der Waals surface area contributed by atoms with Gasteiger partial charge < -0.3 is 5.73 Å².